The fraction of sp³-hybridized carbons (Fsp3) is 0.741. The van der Waals surface area contributed by atoms with Crippen LogP contribution in [-0.4, -0.2) is 84.0 Å². The number of nitrogens with one attached hydrogen (secondary N) is 1. The molecular weight excluding hydrogens is 453 g/mol. The van der Waals surface area contributed by atoms with Crippen molar-refractivity contribution in [2.45, 2.75) is 75.9 Å². The van der Waals surface area contributed by atoms with Crippen molar-refractivity contribution in [1.82, 2.24) is 20.0 Å². The largest absolute Gasteiger partial charge is 0.328 e. The summed E-state index contributed by atoms with van der Waals surface area (Å²) >= 11 is 0. The Morgan fingerprint density at radius 2 is 1.77 bits per heavy atom. The predicted octanol–water partition coefficient (Wildman–Crippen LogP) is 4.54. The lowest BCUT2D eigenvalue weighted by Gasteiger charge is -2.47. The number of hydrogen-bond acceptors (Lipinski definition) is 3. The average Bonchev–Trinajstić information content (AvgIpc) is 3.40. The van der Waals surface area contributed by atoms with Crippen molar-refractivity contribution in [3.8, 4) is 0 Å². The quantitative estimate of drug-likeness (QED) is 0.671. The third-order valence-corrected chi connectivity index (χ3v) is 9.04. The Kier molecular flexibility index (Phi) is 7.05. The van der Waals surface area contributed by atoms with Gasteiger partial charge in [-0.15, -0.1) is 0 Å². The summed E-state index contributed by atoms with van der Waals surface area (Å²) < 4.78 is 43.9. The van der Waals surface area contributed by atoms with Gasteiger partial charge in [-0.3, -0.25) is 9.80 Å². The van der Waals surface area contributed by atoms with Crippen LogP contribution in [0.1, 0.15) is 57.4 Å². The maximum absolute atomic E-state index is 15.1. The van der Waals surface area contributed by atoms with Gasteiger partial charge in [-0.2, -0.15) is 0 Å². The molecule has 0 unspecified atom stereocenters. The molecule has 2 aliphatic heterocycles. The molecular formula is C27H39F3N4O. The first-order valence-electron chi connectivity index (χ1n) is 13.4. The van der Waals surface area contributed by atoms with E-state index in [1.54, 1.807) is 17.0 Å². The molecule has 5 rings (SSSR count). The Labute approximate surface area is 207 Å². The topological polar surface area (TPSA) is 38.8 Å². The lowest BCUT2D eigenvalue weighted by atomic mass is 9.85. The third kappa shape index (κ3) is 5.19. The zero-order valence-corrected chi connectivity index (χ0v) is 20.9. The number of carbonyl (C=O) groups is 1. The van der Waals surface area contributed by atoms with Crippen LogP contribution >= 0.6 is 0 Å². The van der Waals surface area contributed by atoms with Gasteiger partial charge in [-0.05, 0) is 75.0 Å². The number of carbonyl (C=O) groups excluding carboxylic acids is 1. The van der Waals surface area contributed by atoms with E-state index in [2.05, 4.69) is 29.0 Å². The van der Waals surface area contributed by atoms with Gasteiger partial charge < -0.3 is 10.2 Å². The molecule has 5 nitrogen and oxygen atoms in total. The summed E-state index contributed by atoms with van der Waals surface area (Å²) in [5, 5.41) is 2.80. The van der Waals surface area contributed by atoms with Gasteiger partial charge in [-0.25, -0.2) is 18.0 Å². The summed E-state index contributed by atoms with van der Waals surface area (Å²) in [5.74, 6) is -2.11. The van der Waals surface area contributed by atoms with Gasteiger partial charge in [0.05, 0.1) is 0 Å². The number of piperazine rings is 1. The lowest BCUT2D eigenvalue weighted by molar-refractivity contribution is -0.0971. The van der Waals surface area contributed by atoms with Crippen LogP contribution in [0, 0.1) is 17.7 Å². The number of hydrogen-bond donors (Lipinski definition) is 1. The molecule has 35 heavy (non-hydrogen) atoms. The van der Waals surface area contributed by atoms with Crippen molar-refractivity contribution in [2.75, 3.05) is 39.3 Å². The molecule has 2 aliphatic carbocycles. The fourth-order valence-corrected chi connectivity index (χ4v) is 7.05. The van der Waals surface area contributed by atoms with Crippen LogP contribution in [0.25, 0.3) is 0 Å². The van der Waals surface area contributed by atoms with E-state index < -0.39 is 12.0 Å². The van der Waals surface area contributed by atoms with Gasteiger partial charge >= 0.3 is 6.03 Å². The number of benzene rings is 1. The van der Waals surface area contributed by atoms with Crippen LogP contribution in [-0.2, 0) is 0 Å². The van der Waals surface area contributed by atoms with E-state index in [9.17, 15) is 9.18 Å². The minimum atomic E-state index is -2.90. The van der Waals surface area contributed by atoms with Crippen molar-refractivity contribution in [2.24, 2.45) is 11.8 Å². The predicted molar refractivity (Wildman–Crippen MR) is 130 cm³/mol. The Morgan fingerprint density at radius 3 is 2.40 bits per heavy atom. The first-order chi connectivity index (χ1) is 16.7. The van der Waals surface area contributed by atoms with Crippen LogP contribution in [0.4, 0.5) is 18.0 Å². The van der Waals surface area contributed by atoms with E-state index in [-0.39, 0.29) is 24.3 Å². The Morgan fingerprint density at radius 1 is 1.09 bits per heavy atom. The van der Waals surface area contributed by atoms with Gasteiger partial charge in [0.2, 0.25) is 0 Å². The highest BCUT2D eigenvalue weighted by Crippen LogP contribution is 2.46. The van der Waals surface area contributed by atoms with Gasteiger partial charge in [0, 0.05) is 57.8 Å². The summed E-state index contributed by atoms with van der Waals surface area (Å²) in [7, 11) is 0. The standard InChI is InChI=1S/C27H39F3N4O/c1-18(2)32-9-11-33(12-10-32)24-7-4-8-27(29,30)25(24)31-26(35)34-16-21-13-20(14-22(21)17-34)19-5-3-6-23(28)15-19/h3,5-6,15,18,20-22,24-25H,4,7-14,16-17H2,1-2H3,(H,31,35)/t20-,21-,22+,24-,25+/m0/s1. The minimum absolute atomic E-state index is 0.166. The zero-order valence-electron chi connectivity index (χ0n) is 20.9. The second-order valence-electron chi connectivity index (χ2n) is 11.5. The van der Waals surface area contributed by atoms with Crippen LogP contribution in [0.3, 0.4) is 0 Å². The average molecular weight is 493 g/mol. The Bertz CT molecular complexity index is 890. The highest BCUT2D eigenvalue weighted by atomic mass is 19.3. The first-order valence-corrected chi connectivity index (χ1v) is 13.4. The van der Waals surface area contributed by atoms with Crippen LogP contribution in [0.5, 0.6) is 0 Å². The van der Waals surface area contributed by atoms with Crippen molar-refractivity contribution >= 4 is 6.03 Å². The van der Waals surface area contributed by atoms with E-state index in [1.165, 1.54) is 6.07 Å². The number of nitrogens with zero attached hydrogens (tertiary/aromatic N) is 3. The zero-order chi connectivity index (χ0) is 24.7. The summed E-state index contributed by atoms with van der Waals surface area (Å²) in [6, 6.07) is 5.45. The van der Waals surface area contributed by atoms with Crippen molar-refractivity contribution in [1.29, 1.82) is 0 Å². The minimum Gasteiger partial charge on any atom is -0.328 e. The number of halogens is 3. The highest BCUT2D eigenvalue weighted by Gasteiger charge is 2.51. The van der Waals surface area contributed by atoms with Crippen LogP contribution < -0.4 is 5.32 Å². The second kappa shape index (κ2) is 9.92. The summed E-state index contributed by atoms with van der Waals surface area (Å²) in [6.45, 7) is 8.81. The maximum atomic E-state index is 15.1. The highest BCUT2D eigenvalue weighted by molar-refractivity contribution is 5.75. The van der Waals surface area contributed by atoms with Crippen LogP contribution in [0.2, 0.25) is 0 Å². The van der Waals surface area contributed by atoms with Crippen molar-refractivity contribution < 1.29 is 18.0 Å². The molecule has 2 saturated heterocycles. The van der Waals surface area contributed by atoms with E-state index in [0.717, 1.165) is 44.6 Å². The summed E-state index contributed by atoms with van der Waals surface area (Å²) in [5.41, 5.74) is 1.03. The van der Waals surface area contributed by atoms with Gasteiger partial charge in [-0.1, -0.05) is 12.1 Å². The smallest absolute Gasteiger partial charge is 0.317 e. The molecule has 2 amide bonds. The van der Waals surface area contributed by atoms with E-state index in [1.807, 2.05) is 6.07 Å². The molecule has 8 heteroatoms. The number of alkyl halides is 2. The Balaban J connectivity index is 1.20. The first kappa shape index (κ1) is 24.9. The number of urea groups is 1. The SMILES string of the molecule is CC(C)N1CCN([C@H]2CCCC(F)(F)[C@@H]2NC(=O)N2C[C@H]3C[C@@H](c4cccc(F)c4)C[C@H]3C2)CC1. The molecule has 1 aromatic carbocycles. The second-order valence-corrected chi connectivity index (χ2v) is 11.5. The van der Waals surface area contributed by atoms with E-state index in [0.29, 0.717) is 49.7 Å². The lowest BCUT2D eigenvalue weighted by Crippen LogP contribution is -2.65. The molecule has 194 valence electrons. The van der Waals surface area contributed by atoms with Gasteiger partial charge in [0.25, 0.3) is 5.92 Å². The van der Waals surface area contributed by atoms with E-state index >= 15 is 8.78 Å². The molecule has 0 bridgehead atoms. The summed E-state index contributed by atoms with van der Waals surface area (Å²) in [6.07, 6.45) is 2.86. The van der Waals surface area contributed by atoms with Crippen molar-refractivity contribution in [3.63, 3.8) is 0 Å². The molecule has 1 N–H and O–H groups in total. The monoisotopic (exact) mass is 492 g/mol. The van der Waals surface area contributed by atoms with E-state index in [4.69, 9.17) is 0 Å². The Hall–Kier alpha value is -1.80. The number of amides is 2. The fourth-order valence-electron chi connectivity index (χ4n) is 7.05. The number of likely N-dealkylation sites (tertiary alicyclic amines) is 1. The van der Waals surface area contributed by atoms with Crippen LogP contribution in [0.15, 0.2) is 24.3 Å². The third-order valence-electron chi connectivity index (χ3n) is 9.04. The number of fused-ring (bicyclic) bond motifs is 1. The molecule has 0 radical (unpaired) electrons. The molecule has 0 spiro atoms. The maximum Gasteiger partial charge on any atom is 0.317 e. The van der Waals surface area contributed by atoms with Gasteiger partial charge in [0.15, 0.2) is 0 Å². The number of rotatable bonds is 4. The van der Waals surface area contributed by atoms with Gasteiger partial charge in [0.1, 0.15) is 11.9 Å². The molecule has 4 aliphatic rings. The molecule has 1 aromatic rings. The molecule has 5 atom stereocenters. The molecule has 2 saturated carbocycles. The normalized spacial score (nSPS) is 33.8. The molecule has 0 aromatic heterocycles. The molecule has 4 fully saturated rings. The summed E-state index contributed by atoms with van der Waals surface area (Å²) in [4.78, 5) is 19.5. The van der Waals surface area contributed by atoms with Crippen molar-refractivity contribution in [3.05, 3.63) is 35.6 Å². The molecule has 2 heterocycles.